The van der Waals surface area contributed by atoms with E-state index in [1.165, 1.54) is 6.92 Å². The van der Waals surface area contributed by atoms with Crippen LogP contribution in [0.15, 0.2) is 0 Å². The van der Waals surface area contributed by atoms with Gasteiger partial charge in [-0.3, -0.25) is 4.79 Å². The van der Waals surface area contributed by atoms with Gasteiger partial charge in [0.1, 0.15) is 10.4 Å². The monoisotopic (exact) mass is 257 g/mol. The number of hydrogen-bond donors (Lipinski definition) is 2. The lowest BCUT2D eigenvalue weighted by molar-refractivity contribution is -0.144. The number of hydrogen-bond acceptors (Lipinski definition) is 5. The van der Waals surface area contributed by atoms with E-state index in [0.717, 1.165) is 11.5 Å². The molecular weight excluding hydrogens is 242 g/mol. The van der Waals surface area contributed by atoms with Gasteiger partial charge in [-0.25, -0.2) is 4.79 Å². The summed E-state index contributed by atoms with van der Waals surface area (Å²) in [7, 11) is 0. The first-order valence-electron chi connectivity index (χ1n) is 5.25. The van der Waals surface area contributed by atoms with Crippen LogP contribution in [-0.4, -0.2) is 32.1 Å². The molecule has 0 saturated heterocycles. The predicted octanol–water partition coefficient (Wildman–Crippen LogP) is 1.22. The Balaban J connectivity index is 2.85. The Morgan fingerprint density at radius 3 is 2.59 bits per heavy atom. The number of carbonyl (C=O) groups is 2. The summed E-state index contributed by atoms with van der Waals surface area (Å²) >= 11 is 0.962. The van der Waals surface area contributed by atoms with Gasteiger partial charge in [0.05, 0.1) is 5.69 Å². The summed E-state index contributed by atoms with van der Waals surface area (Å²) < 4.78 is 3.65. The van der Waals surface area contributed by atoms with E-state index in [4.69, 9.17) is 5.11 Å². The van der Waals surface area contributed by atoms with Gasteiger partial charge in [-0.2, -0.15) is 0 Å². The molecule has 1 heterocycles. The molecule has 1 atom stereocenters. The third kappa shape index (κ3) is 3.00. The van der Waals surface area contributed by atoms with E-state index in [1.54, 1.807) is 6.92 Å². The van der Waals surface area contributed by atoms with Crippen LogP contribution in [0.3, 0.4) is 0 Å². The molecule has 0 fully saturated rings. The number of amides is 1. The van der Waals surface area contributed by atoms with Crippen molar-refractivity contribution in [3.8, 4) is 0 Å². The van der Waals surface area contributed by atoms with Crippen molar-refractivity contribution in [2.75, 3.05) is 0 Å². The number of aliphatic carboxylic acids is 1. The molecule has 0 aliphatic carbocycles. The molecule has 2 N–H and O–H groups in total. The van der Waals surface area contributed by atoms with Crippen molar-refractivity contribution >= 4 is 23.4 Å². The fourth-order valence-corrected chi connectivity index (χ4v) is 2.02. The molecule has 0 aliphatic heterocycles. The zero-order valence-electron chi connectivity index (χ0n) is 9.98. The quantitative estimate of drug-likeness (QED) is 0.827. The topological polar surface area (TPSA) is 92.2 Å². The minimum absolute atomic E-state index is 0.355. The molecule has 6 nitrogen and oxygen atoms in total. The van der Waals surface area contributed by atoms with Gasteiger partial charge in [0.15, 0.2) is 0 Å². The van der Waals surface area contributed by atoms with Gasteiger partial charge in [0.2, 0.25) is 0 Å². The van der Waals surface area contributed by atoms with E-state index in [9.17, 15) is 9.59 Å². The first-order valence-corrected chi connectivity index (χ1v) is 6.03. The first-order chi connectivity index (χ1) is 7.90. The lowest BCUT2D eigenvalue weighted by atomic mass is 9.96. The van der Waals surface area contributed by atoms with Gasteiger partial charge in [0, 0.05) is 0 Å². The molecule has 94 valence electrons. The molecule has 0 aliphatic rings. The average Bonchev–Trinajstić information content (AvgIpc) is 2.64. The number of carboxylic acid groups (broad SMARTS) is 1. The molecule has 0 saturated carbocycles. The van der Waals surface area contributed by atoms with Gasteiger partial charge in [-0.05, 0) is 31.8 Å². The first kappa shape index (κ1) is 13.6. The van der Waals surface area contributed by atoms with Crippen LogP contribution in [0.2, 0.25) is 0 Å². The summed E-state index contributed by atoms with van der Waals surface area (Å²) in [5.41, 5.74) is -0.737. The molecular formula is C10H15N3O3S. The highest BCUT2D eigenvalue weighted by molar-refractivity contribution is 7.08. The number of aryl methyl sites for hydroxylation is 1. The average molecular weight is 257 g/mol. The maximum atomic E-state index is 11.9. The van der Waals surface area contributed by atoms with Crippen LogP contribution in [0, 0.1) is 6.92 Å². The highest BCUT2D eigenvalue weighted by Crippen LogP contribution is 2.16. The third-order valence-electron chi connectivity index (χ3n) is 2.47. The minimum atomic E-state index is -1.25. The van der Waals surface area contributed by atoms with Crippen molar-refractivity contribution in [1.29, 1.82) is 0 Å². The van der Waals surface area contributed by atoms with Crippen LogP contribution in [0.25, 0.3) is 0 Å². The van der Waals surface area contributed by atoms with Crippen LogP contribution in [0.1, 0.15) is 42.1 Å². The largest absolute Gasteiger partial charge is 0.480 e. The molecule has 17 heavy (non-hydrogen) atoms. The van der Waals surface area contributed by atoms with Crippen molar-refractivity contribution in [1.82, 2.24) is 14.9 Å². The molecule has 1 rings (SSSR count). The summed E-state index contributed by atoms with van der Waals surface area (Å²) in [6.07, 6.45) is 1.04. The standard InChI is InChI=1S/C10H15N3O3S/c1-4-5-10(3,9(15)16)11-8(14)7-6(2)12-13-17-7/h4-5H2,1-3H3,(H,11,14)(H,15,16). The predicted molar refractivity (Wildman–Crippen MR) is 63.1 cm³/mol. The third-order valence-corrected chi connectivity index (χ3v) is 3.30. The van der Waals surface area contributed by atoms with E-state index in [-0.39, 0.29) is 0 Å². The van der Waals surface area contributed by atoms with E-state index in [1.807, 2.05) is 6.92 Å². The maximum absolute atomic E-state index is 11.9. The fourth-order valence-electron chi connectivity index (χ4n) is 1.47. The highest BCUT2D eigenvalue weighted by Gasteiger charge is 2.34. The van der Waals surface area contributed by atoms with Crippen LogP contribution in [0.5, 0.6) is 0 Å². The number of rotatable bonds is 5. The van der Waals surface area contributed by atoms with Crippen molar-refractivity contribution in [2.24, 2.45) is 0 Å². The summed E-state index contributed by atoms with van der Waals surface area (Å²) in [6.45, 7) is 5.03. The SMILES string of the molecule is CCCC(C)(NC(=O)c1snnc1C)C(=O)O. The van der Waals surface area contributed by atoms with E-state index in [0.29, 0.717) is 23.4 Å². The van der Waals surface area contributed by atoms with Gasteiger partial charge in [-0.15, -0.1) is 5.10 Å². The Hall–Kier alpha value is -1.50. The van der Waals surface area contributed by atoms with Crippen LogP contribution in [-0.2, 0) is 4.79 Å². The second-order valence-corrected chi connectivity index (χ2v) is 4.78. The molecule has 0 radical (unpaired) electrons. The van der Waals surface area contributed by atoms with Gasteiger partial charge < -0.3 is 10.4 Å². The van der Waals surface area contributed by atoms with Crippen molar-refractivity contribution in [3.05, 3.63) is 10.6 Å². The molecule has 0 spiro atoms. The van der Waals surface area contributed by atoms with E-state index < -0.39 is 17.4 Å². The number of nitrogens with zero attached hydrogens (tertiary/aromatic N) is 2. The number of nitrogens with one attached hydrogen (secondary N) is 1. The Morgan fingerprint density at radius 1 is 1.53 bits per heavy atom. The Morgan fingerprint density at radius 2 is 2.18 bits per heavy atom. The summed E-state index contributed by atoms with van der Waals surface area (Å²) in [4.78, 5) is 23.4. The van der Waals surface area contributed by atoms with Crippen LogP contribution >= 0.6 is 11.5 Å². The summed E-state index contributed by atoms with van der Waals surface area (Å²) in [6, 6.07) is 0. The lowest BCUT2D eigenvalue weighted by Crippen LogP contribution is -2.52. The smallest absolute Gasteiger partial charge is 0.329 e. The molecule has 1 amide bonds. The summed E-state index contributed by atoms with van der Waals surface area (Å²) in [5.74, 6) is -1.47. The highest BCUT2D eigenvalue weighted by atomic mass is 32.1. The Kier molecular flexibility index (Phi) is 4.17. The van der Waals surface area contributed by atoms with Crippen LogP contribution in [0.4, 0.5) is 0 Å². The number of carbonyl (C=O) groups excluding carboxylic acids is 1. The minimum Gasteiger partial charge on any atom is -0.480 e. The molecule has 0 aromatic carbocycles. The Bertz CT molecular complexity index is 432. The maximum Gasteiger partial charge on any atom is 0.329 e. The van der Waals surface area contributed by atoms with Crippen molar-refractivity contribution < 1.29 is 14.7 Å². The normalized spacial score (nSPS) is 14.1. The van der Waals surface area contributed by atoms with Gasteiger partial charge >= 0.3 is 5.97 Å². The second-order valence-electron chi connectivity index (χ2n) is 4.03. The lowest BCUT2D eigenvalue weighted by Gasteiger charge is -2.25. The van der Waals surface area contributed by atoms with Gasteiger partial charge in [-0.1, -0.05) is 17.8 Å². The Labute approximate surface area is 103 Å². The van der Waals surface area contributed by atoms with Crippen molar-refractivity contribution in [2.45, 2.75) is 39.2 Å². The molecule has 0 bridgehead atoms. The zero-order valence-corrected chi connectivity index (χ0v) is 10.8. The summed E-state index contributed by atoms with van der Waals surface area (Å²) in [5, 5.41) is 15.4. The van der Waals surface area contributed by atoms with Crippen molar-refractivity contribution in [3.63, 3.8) is 0 Å². The van der Waals surface area contributed by atoms with E-state index >= 15 is 0 Å². The molecule has 1 aromatic rings. The van der Waals surface area contributed by atoms with Crippen LogP contribution < -0.4 is 5.32 Å². The van der Waals surface area contributed by atoms with E-state index in [2.05, 4.69) is 14.9 Å². The number of aromatic nitrogens is 2. The fraction of sp³-hybridized carbons (Fsp3) is 0.600. The number of carboxylic acids is 1. The molecule has 1 unspecified atom stereocenters. The second kappa shape index (κ2) is 5.22. The van der Waals surface area contributed by atoms with Gasteiger partial charge in [0.25, 0.3) is 5.91 Å². The molecule has 7 heteroatoms. The zero-order chi connectivity index (χ0) is 13.1. The molecule has 1 aromatic heterocycles.